The molecule has 148 valence electrons. The smallest absolute Gasteiger partial charge is 0.329 e. The summed E-state index contributed by atoms with van der Waals surface area (Å²) in [5, 5.41) is 2.57. The largest absolute Gasteiger partial charge is 0.454 e. The number of imide groups is 1. The fraction of sp³-hybridized carbons (Fsp3) is 0.200. The molecule has 0 saturated heterocycles. The van der Waals surface area contributed by atoms with Crippen molar-refractivity contribution in [2.45, 2.75) is 13.0 Å². The number of nitrogens with one attached hydrogen (secondary N) is 1. The molecule has 1 atom stereocenters. The summed E-state index contributed by atoms with van der Waals surface area (Å²) in [4.78, 5) is 50.0. The monoisotopic (exact) mass is 396 g/mol. The molecule has 0 radical (unpaired) electrons. The first-order valence-corrected chi connectivity index (χ1v) is 8.79. The summed E-state index contributed by atoms with van der Waals surface area (Å²) in [6.45, 7) is 0.917. The van der Waals surface area contributed by atoms with E-state index in [4.69, 9.17) is 14.2 Å². The van der Waals surface area contributed by atoms with Gasteiger partial charge in [0.2, 0.25) is 6.79 Å². The van der Waals surface area contributed by atoms with Crippen LogP contribution in [0.25, 0.3) is 0 Å². The molecule has 2 aromatic carbocycles. The lowest BCUT2D eigenvalue weighted by atomic mass is 10.1. The third kappa shape index (κ3) is 3.38. The molecule has 2 aliphatic heterocycles. The van der Waals surface area contributed by atoms with Gasteiger partial charge in [0.15, 0.2) is 18.1 Å². The van der Waals surface area contributed by atoms with E-state index < -0.39 is 36.3 Å². The van der Waals surface area contributed by atoms with Crippen molar-refractivity contribution in [3.63, 3.8) is 0 Å². The SMILES string of the molecule is C[C@@H](C(=O)OCC(=O)Nc1ccc2c(c1)OCO2)N1C(=O)c2ccccc2C1=O. The topological polar surface area (TPSA) is 111 Å². The summed E-state index contributed by atoms with van der Waals surface area (Å²) in [6, 6.07) is 10.00. The number of carbonyl (C=O) groups is 4. The van der Waals surface area contributed by atoms with Crippen LogP contribution in [0.1, 0.15) is 27.6 Å². The Labute approximate surface area is 165 Å². The molecule has 0 aromatic heterocycles. The van der Waals surface area contributed by atoms with Crippen molar-refractivity contribution in [3.05, 3.63) is 53.6 Å². The summed E-state index contributed by atoms with van der Waals surface area (Å²) >= 11 is 0. The lowest BCUT2D eigenvalue weighted by Crippen LogP contribution is -2.44. The summed E-state index contributed by atoms with van der Waals surface area (Å²) in [7, 11) is 0. The fourth-order valence-electron chi connectivity index (χ4n) is 3.09. The number of nitrogens with zero attached hydrogens (tertiary/aromatic N) is 1. The molecule has 2 heterocycles. The molecule has 0 spiro atoms. The van der Waals surface area contributed by atoms with Gasteiger partial charge in [-0.3, -0.25) is 19.3 Å². The van der Waals surface area contributed by atoms with E-state index in [9.17, 15) is 19.2 Å². The molecular weight excluding hydrogens is 380 g/mol. The van der Waals surface area contributed by atoms with E-state index in [1.54, 1.807) is 30.3 Å². The molecule has 0 aliphatic carbocycles. The van der Waals surface area contributed by atoms with Gasteiger partial charge in [-0.15, -0.1) is 0 Å². The lowest BCUT2D eigenvalue weighted by molar-refractivity contribution is -0.150. The van der Waals surface area contributed by atoms with E-state index in [0.29, 0.717) is 17.2 Å². The molecule has 3 amide bonds. The van der Waals surface area contributed by atoms with E-state index in [0.717, 1.165) is 4.90 Å². The van der Waals surface area contributed by atoms with E-state index in [2.05, 4.69) is 5.32 Å². The van der Waals surface area contributed by atoms with Crippen LogP contribution in [-0.4, -0.2) is 48.0 Å². The van der Waals surface area contributed by atoms with E-state index in [-0.39, 0.29) is 17.9 Å². The molecule has 0 fully saturated rings. The Kier molecular flexibility index (Phi) is 4.63. The molecule has 9 heteroatoms. The minimum Gasteiger partial charge on any atom is -0.454 e. The van der Waals surface area contributed by atoms with Gasteiger partial charge in [-0.25, -0.2) is 4.79 Å². The Bertz CT molecular complexity index is 998. The fourth-order valence-corrected chi connectivity index (χ4v) is 3.09. The molecule has 2 aliphatic rings. The third-order valence-electron chi connectivity index (χ3n) is 4.56. The maximum atomic E-state index is 12.4. The number of hydrogen-bond acceptors (Lipinski definition) is 7. The molecule has 4 rings (SSSR count). The third-order valence-corrected chi connectivity index (χ3v) is 4.56. The van der Waals surface area contributed by atoms with Crippen LogP contribution in [0.15, 0.2) is 42.5 Å². The molecule has 0 unspecified atom stereocenters. The molecule has 29 heavy (non-hydrogen) atoms. The first-order chi connectivity index (χ1) is 14.0. The summed E-state index contributed by atoms with van der Waals surface area (Å²) < 4.78 is 15.4. The Morgan fingerprint density at radius 1 is 1.07 bits per heavy atom. The minimum atomic E-state index is -1.17. The zero-order valence-electron chi connectivity index (χ0n) is 15.3. The highest BCUT2D eigenvalue weighted by molar-refractivity contribution is 6.22. The van der Waals surface area contributed by atoms with Crippen LogP contribution >= 0.6 is 0 Å². The Morgan fingerprint density at radius 2 is 1.72 bits per heavy atom. The van der Waals surface area contributed by atoms with Crippen LogP contribution in [0, 0.1) is 0 Å². The van der Waals surface area contributed by atoms with Gasteiger partial charge in [0.05, 0.1) is 11.1 Å². The van der Waals surface area contributed by atoms with Gasteiger partial charge in [-0.2, -0.15) is 0 Å². The van der Waals surface area contributed by atoms with Crippen LogP contribution in [0.4, 0.5) is 5.69 Å². The van der Waals surface area contributed by atoms with Crippen LogP contribution in [0.2, 0.25) is 0 Å². The normalized spacial score (nSPS) is 15.1. The maximum Gasteiger partial charge on any atom is 0.329 e. The number of fused-ring (bicyclic) bond motifs is 2. The van der Waals surface area contributed by atoms with Gasteiger partial charge in [-0.05, 0) is 31.2 Å². The van der Waals surface area contributed by atoms with Crippen LogP contribution in [-0.2, 0) is 14.3 Å². The molecule has 9 nitrogen and oxygen atoms in total. The van der Waals surface area contributed by atoms with Crippen molar-refractivity contribution >= 4 is 29.4 Å². The van der Waals surface area contributed by atoms with Crippen LogP contribution in [0.5, 0.6) is 11.5 Å². The predicted octanol–water partition coefficient (Wildman–Crippen LogP) is 1.58. The first kappa shape index (κ1) is 18.5. The second kappa shape index (κ2) is 7.27. The van der Waals surface area contributed by atoms with Gasteiger partial charge < -0.3 is 19.5 Å². The molecule has 2 aromatic rings. The molecule has 0 saturated carbocycles. The molecule has 1 N–H and O–H groups in total. The Morgan fingerprint density at radius 3 is 2.41 bits per heavy atom. The van der Waals surface area contributed by atoms with Crippen LogP contribution in [0.3, 0.4) is 0 Å². The quantitative estimate of drug-likeness (QED) is 0.603. The number of ether oxygens (including phenoxy) is 3. The van der Waals surface area contributed by atoms with Gasteiger partial charge in [0, 0.05) is 11.8 Å². The summed E-state index contributed by atoms with van der Waals surface area (Å²) in [5.41, 5.74) is 0.916. The predicted molar refractivity (Wildman–Crippen MR) is 98.6 cm³/mol. The Balaban J connectivity index is 1.34. The van der Waals surface area contributed by atoms with E-state index >= 15 is 0 Å². The highest BCUT2D eigenvalue weighted by Crippen LogP contribution is 2.34. The lowest BCUT2D eigenvalue weighted by Gasteiger charge is -2.20. The van der Waals surface area contributed by atoms with Crippen molar-refractivity contribution in [1.29, 1.82) is 0 Å². The number of rotatable bonds is 5. The van der Waals surface area contributed by atoms with Crippen molar-refractivity contribution in [2.75, 3.05) is 18.7 Å². The van der Waals surface area contributed by atoms with Gasteiger partial charge in [-0.1, -0.05) is 12.1 Å². The highest BCUT2D eigenvalue weighted by Gasteiger charge is 2.41. The van der Waals surface area contributed by atoms with Gasteiger partial charge >= 0.3 is 5.97 Å². The number of esters is 1. The first-order valence-electron chi connectivity index (χ1n) is 8.79. The minimum absolute atomic E-state index is 0.111. The number of hydrogen-bond donors (Lipinski definition) is 1. The van der Waals surface area contributed by atoms with E-state index in [1.165, 1.54) is 19.1 Å². The number of benzene rings is 2. The average Bonchev–Trinajstić information content (AvgIpc) is 3.28. The van der Waals surface area contributed by atoms with Crippen molar-refractivity contribution in [3.8, 4) is 11.5 Å². The highest BCUT2D eigenvalue weighted by atomic mass is 16.7. The summed E-state index contributed by atoms with van der Waals surface area (Å²) in [5.74, 6) is -1.50. The van der Waals surface area contributed by atoms with Crippen molar-refractivity contribution in [1.82, 2.24) is 4.90 Å². The van der Waals surface area contributed by atoms with Gasteiger partial charge in [0.25, 0.3) is 17.7 Å². The maximum absolute atomic E-state index is 12.4. The molecular formula is C20H16N2O7. The van der Waals surface area contributed by atoms with Crippen molar-refractivity contribution in [2.24, 2.45) is 0 Å². The van der Waals surface area contributed by atoms with E-state index in [1.807, 2.05) is 0 Å². The standard InChI is InChI=1S/C20H16N2O7/c1-11(22-18(24)13-4-2-3-5-14(13)19(22)25)20(26)27-9-17(23)21-12-6-7-15-16(8-12)29-10-28-15/h2-8,11H,9-10H2,1H3,(H,21,23)/t11-/m0/s1. The average molecular weight is 396 g/mol. The number of carbonyl (C=O) groups excluding carboxylic acids is 4. The summed E-state index contributed by atoms with van der Waals surface area (Å²) in [6.07, 6.45) is 0. The number of anilines is 1. The van der Waals surface area contributed by atoms with Gasteiger partial charge in [0.1, 0.15) is 6.04 Å². The zero-order chi connectivity index (χ0) is 20.5. The molecule has 0 bridgehead atoms. The van der Waals surface area contributed by atoms with Crippen molar-refractivity contribution < 1.29 is 33.4 Å². The Hall–Kier alpha value is -3.88. The van der Waals surface area contributed by atoms with Crippen LogP contribution < -0.4 is 14.8 Å². The second-order valence-electron chi connectivity index (χ2n) is 6.43. The zero-order valence-corrected chi connectivity index (χ0v) is 15.3. The second-order valence-corrected chi connectivity index (χ2v) is 6.43. The number of amides is 3.